The molecule has 1 saturated carbocycles. The highest BCUT2D eigenvalue weighted by Gasteiger charge is 2.29. The summed E-state index contributed by atoms with van der Waals surface area (Å²) < 4.78 is 1.15. The highest BCUT2D eigenvalue weighted by atomic mass is 79.9. The first-order chi connectivity index (χ1) is 8.56. The summed E-state index contributed by atoms with van der Waals surface area (Å²) in [5, 5.41) is 0. The van der Waals surface area contributed by atoms with E-state index in [1.165, 1.54) is 24.8 Å². The molecule has 0 amide bonds. The van der Waals surface area contributed by atoms with Gasteiger partial charge in [0.25, 0.3) is 0 Å². The second-order valence-corrected chi connectivity index (χ2v) is 6.99. The van der Waals surface area contributed by atoms with Gasteiger partial charge in [-0.15, -0.1) is 0 Å². The largest absolute Gasteiger partial charge is 0.327 e. The maximum absolute atomic E-state index is 6.31. The molecule has 3 atom stereocenters. The molecule has 0 spiro atoms. The van der Waals surface area contributed by atoms with Gasteiger partial charge in [-0.3, -0.25) is 0 Å². The fraction of sp³-hybridized carbons (Fsp3) is 0.625. The van der Waals surface area contributed by atoms with E-state index in [0.29, 0.717) is 12.0 Å². The van der Waals surface area contributed by atoms with Gasteiger partial charge in [-0.05, 0) is 61.1 Å². The van der Waals surface area contributed by atoms with Crippen molar-refractivity contribution in [1.29, 1.82) is 0 Å². The summed E-state index contributed by atoms with van der Waals surface area (Å²) in [6, 6.07) is 9.09. The van der Waals surface area contributed by atoms with Crippen LogP contribution in [0.25, 0.3) is 0 Å². The molecule has 2 rings (SSSR count). The summed E-state index contributed by atoms with van der Waals surface area (Å²) in [5.74, 6) is 2.32. The molecule has 3 unspecified atom stereocenters. The van der Waals surface area contributed by atoms with Crippen molar-refractivity contribution in [3.63, 3.8) is 0 Å². The molecule has 1 nitrogen and oxygen atoms in total. The maximum Gasteiger partial charge on any atom is 0.0175 e. The molecule has 0 heterocycles. The van der Waals surface area contributed by atoms with Crippen molar-refractivity contribution in [2.45, 2.75) is 45.6 Å². The van der Waals surface area contributed by atoms with E-state index in [2.05, 4.69) is 54.0 Å². The van der Waals surface area contributed by atoms with E-state index >= 15 is 0 Å². The van der Waals surface area contributed by atoms with Crippen LogP contribution in [0.5, 0.6) is 0 Å². The molecule has 1 fully saturated rings. The molecule has 18 heavy (non-hydrogen) atoms. The molecule has 0 saturated heterocycles. The Balaban J connectivity index is 2.00. The third-order valence-electron chi connectivity index (χ3n) is 4.44. The first-order valence-electron chi connectivity index (χ1n) is 7.06. The van der Waals surface area contributed by atoms with Crippen molar-refractivity contribution in [1.82, 2.24) is 0 Å². The van der Waals surface area contributed by atoms with E-state index in [9.17, 15) is 0 Å². The first kappa shape index (κ1) is 14.1. The van der Waals surface area contributed by atoms with E-state index < -0.39 is 0 Å². The fourth-order valence-electron chi connectivity index (χ4n) is 3.09. The lowest BCUT2D eigenvalue weighted by Crippen LogP contribution is -2.38. The third-order valence-corrected chi connectivity index (χ3v) is 4.96. The standard InChI is InChI=1S/C16H24BrN/c1-11(2)13-5-8-16(18)14(10-13)9-12-3-6-15(17)7-4-12/h3-4,6-7,11,13-14,16H,5,8-10,18H2,1-2H3. The topological polar surface area (TPSA) is 26.0 Å². The minimum absolute atomic E-state index is 0.392. The Morgan fingerprint density at radius 2 is 1.89 bits per heavy atom. The van der Waals surface area contributed by atoms with Gasteiger partial charge >= 0.3 is 0 Å². The van der Waals surface area contributed by atoms with Gasteiger partial charge < -0.3 is 5.73 Å². The predicted molar refractivity (Wildman–Crippen MR) is 81.5 cm³/mol. The van der Waals surface area contributed by atoms with Crippen LogP contribution in [0, 0.1) is 17.8 Å². The molecule has 100 valence electrons. The number of rotatable bonds is 3. The summed E-state index contributed by atoms with van der Waals surface area (Å²) in [6.07, 6.45) is 4.95. The van der Waals surface area contributed by atoms with Crippen LogP contribution in [-0.2, 0) is 6.42 Å². The van der Waals surface area contributed by atoms with Crippen molar-refractivity contribution >= 4 is 15.9 Å². The minimum Gasteiger partial charge on any atom is -0.327 e. The van der Waals surface area contributed by atoms with Gasteiger partial charge in [-0.1, -0.05) is 41.9 Å². The highest BCUT2D eigenvalue weighted by molar-refractivity contribution is 9.10. The Morgan fingerprint density at radius 3 is 2.50 bits per heavy atom. The summed E-state index contributed by atoms with van der Waals surface area (Å²) in [6.45, 7) is 4.69. The van der Waals surface area contributed by atoms with Crippen molar-refractivity contribution in [3.8, 4) is 0 Å². The van der Waals surface area contributed by atoms with Crippen LogP contribution in [0.2, 0.25) is 0 Å². The normalized spacial score (nSPS) is 28.6. The van der Waals surface area contributed by atoms with E-state index in [0.717, 1.165) is 22.7 Å². The molecule has 0 aliphatic heterocycles. The summed E-state index contributed by atoms with van der Waals surface area (Å²) in [5.41, 5.74) is 7.73. The SMILES string of the molecule is CC(C)C1CCC(N)C(Cc2ccc(Br)cc2)C1. The summed E-state index contributed by atoms with van der Waals surface area (Å²) >= 11 is 3.49. The number of nitrogens with two attached hydrogens (primary N) is 1. The van der Waals surface area contributed by atoms with Crippen LogP contribution >= 0.6 is 15.9 Å². The summed E-state index contributed by atoms with van der Waals surface area (Å²) in [4.78, 5) is 0. The number of halogens is 1. The van der Waals surface area contributed by atoms with Crippen LogP contribution in [0.3, 0.4) is 0 Å². The molecule has 1 aliphatic rings. The molecule has 0 radical (unpaired) electrons. The lowest BCUT2D eigenvalue weighted by Gasteiger charge is -2.36. The van der Waals surface area contributed by atoms with Crippen LogP contribution in [0.15, 0.2) is 28.7 Å². The van der Waals surface area contributed by atoms with Gasteiger partial charge in [0.1, 0.15) is 0 Å². The van der Waals surface area contributed by atoms with E-state index in [-0.39, 0.29) is 0 Å². The molecule has 0 bridgehead atoms. The van der Waals surface area contributed by atoms with Gasteiger partial charge in [0.2, 0.25) is 0 Å². The average molecular weight is 310 g/mol. The Morgan fingerprint density at radius 1 is 1.22 bits per heavy atom. The molecule has 2 N–H and O–H groups in total. The molecule has 1 aromatic rings. The quantitative estimate of drug-likeness (QED) is 0.880. The number of benzene rings is 1. The van der Waals surface area contributed by atoms with E-state index in [1.54, 1.807) is 0 Å². The number of hydrogen-bond donors (Lipinski definition) is 1. The molecule has 1 aromatic carbocycles. The first-order valence-corrected chi connectivity index (χ1v) is 7.85. The molecule has 2 heteroatoms. The van der Waals surface area contributed by atoms with Gasteiger partial charge in [0.05, 0.1) is 0 Å². The molecule has 0 aromatic heterocycles. The van der Waals surface area contributed by atoms with E-state index in [1.807, 2.05) is 0 Å². The zero-order valence-electron chi connectivity index (χ0n) is 11.4. The van der Waals surface area contributed by atoms with Crippen LogP contribution in [-0.4, -0.2) is 6.04 Å². The molecular weight excluding hydrogens is 286 g/mol. The summed E-state index contributed by atoms with van der Waals surface area (Å²) in [7, 11) is 0. The Kier molecular flexibility index (Phi) is 4.85. The van der Waals surface area contributed by atoms with Crippen molar-refractivity contribution < 1.29 is 0 Å². The van der Waals surface area contributed by atoms with Gasteiger partial charge in [0.15, 0.2) is 0 Å². The minimum atomic E-state index is 0.392. The predicted octanol–water partition coefficient (Wildman–Crippen LogP) is 4.39. The van der Waals surface area contributed by atoms with Crippen LogP contribution < -0.4 is 5.73 Å². The maximum atomic E-state index is 6.31. The Labute approximate surface area is 119 Å². The van der Waals surface area contributed by atoms with Crippen LogP contribution in [0.1, 0.15) is 38.7 Å². The Bertz CT molecular complexity index is 371. The second-order valence-electron chi connectivity index (χ2n) is 6.07. The second kappa shape index (κ2) is 6.21. The highest BCUT2D eigenvalue weighted by Crippen LogP contribution is 2.34. The smallest absolute Gasteiger partial charge is 0.0175 e. The van der Waals surface area contributed by atoms with E-state index in [4.69, 9.17) is 5.73 Å². The molecule has 1 aliphatic carbocycles. The van der Waals surface area contributed by atoms with Gasteiger partial charge in [-0.2, -0.15) is 0 Å². The fourth-order valence-corrected chi connectivity index (χ4v) is 3.35. The Hall–Kier alpha value is -0.340. The van der Waals surface area contributed by atoms with Crippen LogP contribution in [0.4, 0.5) is 0 Å². The number of hydrogen-bond acceptors (Lipinski definition) is 1. The monoisotopic (exact) mass is 309 g/mol. The van der Waals surface area contributed by atoms with Crippen molar-refractivity contribution in [2.75, 3.05) is 0 Å². The van der Waals surface area contributed by atoms with Crippen molar-refractivity contribution in [2.24, 2.45) is 23.5 Å². The molecular formula is C16H24BrN. The zero-order chi connectivity index (χ0) is 13.1. The van der Waals surface area contributed by atoms with Crippen molar-refractivity contribution in [3.05, 3.63) is 34.3 Å². The van der Waals surface area contributed by atoms with Gasteiger partial charge in [0, 0.05) is 10.5 Å². The average Bonchev–Trinajstić information content (AvgIpc) is 2.34. The third kappa shape index (κ3) is 3.58. The zero-order valence-corrected chi connectivity index (χ0v) is 13.0. The lowest BCUT2D eigenvalue weighted by molar-refractivity contribution is 0.189. The van der Waals surface area contributed by atoms with Gasteiger partial charge in [-0.25, -0.2) is 0 Å². The lowest BCUT2D eigenvalue weighted by atomic mass is 9.72.